The molecule has 5 nitrogen and oxygen atoms in total. The van der Waals surface area contributed by atoms with Gasteiger partial charge < -0.3 is 5.32 Å². The van der Waals surface area contributed by atoms with Crippen LogP contribution in [0.25, 0.3) is 0 Å². The molecule has 5 heteroatoms. The molecule has 0 aromatic carbocycles. The molecule has 3 heterocycles. The number of rotatable bonds is 1. The Labute approximate surface area is 122 Å². The number of allylic oxidation sites excluding steroid dienone is 4. The summed E-state index contributed by atoms with van der Waals surface area (Å²) in [4.78, 5) is 16.9. The number of hydrogen-bond donors (Lipinski definition) is 1. The van der Waals surface area contributed by atoms with Crippen LogP contribution in [0.15, 0.2) is 47.0 Å². The minimum atomic E-state index is -0.162. The second-order valence-electron chi connectivity index (χ2n) is 5.64. The number of nitrogens with zero attached hydrogens (tertiary/aromatic N) is 3. The lowest BCUT2D eigenvalue weighted by Gasteiger charge is -2.33. The van der Waals surface area contributed by atoms with Crippen molar-refractivity contribution in [3.8, 4) is 0 Å². The number of carbonyl (C=O) groups excluding carboxylic acids is 1. The highest BCUT2D eigenvalue weighted by Gasteiger charge is 2.35. The largest absolute Gasteiger partial charge is 0.329 e. The summed E-state index contributed by atoms with van der Waals surface area (Å²) in [5.74, 6) is 1.01. The van der Waals surface area contributed by atoms with Gasteiger partial charge in [-0.3, -0.25) is 4.79 Å². The molecular weight excluding hydrogens is 264 g/mol. The smallest absolute Gasteiger partial charge is 0.249 e. The van der Waals surface area contributed by atoms with Crippen LogP contribution in [-0.4, -0.2) is 21.9 Å². The molecule has 0 spiro atoms. The normalized spacial score (nSPS) is 29.7. The van der Waals surface area contributed by atoms with Crippen molar-refractivity contribution < 1.29 is 4.79 Å². The van der Waals surface area contributed by atoms with Crippen LogP contribution in [0.1, 0.15) is 18.3 Å². The molecule has 1 amide bonds. The average molecular weight is 280 g/mol. The average Bonchev–Trinajstić information content (AvgIpc) is 2.88. The zero-order chi connectivity index (χ0) is 14.4. The number of carbonyl (C=O) groups is 1. The first kappa shape index (κ1) is 12.3. The molecule has 0 fully saturated rings. The molecule has 0 saturated heterocycles. The lowest BCUT2D eigenvalue weighted by atomic mass is 9.86. The number of aromatic nitrogens is 2. The Kier molecular flexibility index (Phi) is 2.67. The van der Waals surface area contributed by atoms with Crippen LogP contribution in [0.2, 0.25) is 0 Å². The number of amides is 1. The van der Waals surface area contributed by atoms with Crippen LogP contribution in [0, 0.1) is 18.8 Å². The van der Waals surface area contributed by atoms with Crippen molar-refractivity contribution in [3.63, 3.8) is 0 Å². The maximum atomic E-state index is 12.4. The fourth-order valence-electron chi connectivity index (χ4n) is 3.11. The molecule has 1 aromatic rings. The second-order valence-corrected chi connectivity index (χ2v) is 5.64. The zero-order valence-electron chi connectivity index (χ0n) is 11.7. The minimum Gasteiger partial charge on any atom is -0.329 e. The van der Waals surface area contributed by atoms with Crippen LogP contribution in [0.5, 0.6) is 0 Å². The Morgan fingerprint density at radius 1 is 1.38 bits per heavy atom. The highest BCUT2D eigenvalue weighted by Crippen LogP contribution is 2.34. The van der Waals surface area contributed by atoms with E-state index in [9.17, 15) is 4.79 Å². The molecule has 3 unspecified atom stereocenters. The molecule has 0 saturated carbocycles. The Balaban J connectivity index is 1.70. The Morgan fingerprint density at radius 2 is 2.29 bits per heavy atom. The predicted octanol–water partition coefficient (Wildman–Crippen LogP) is 2.21. The molecule has 3 aliphatic rings. The number of aryl methyl sites for hydroxylation is 1. The molecule has 1 N–H and O–H groups in total. The summed E-state index contributed by atoms with van der Waals surface area (Å²) in [6.45, 7) is 1.93. The number of hydrogen-bond acceptors (Lipinski definition) is 3. The van der Waals surface area contributed by atoms with Gasteiger partial charge >= 0.3 is 0 Å². The summed E-state index contributed by atoms with van der Waals surface area (Å²) in [6, 6.07) is 1.92. The fraction of sp³-hybridized carbons (Fsp3) is 0.312. The molecule has 1 aromatic heterocycles. The fourth-order valence-corrected chi connectivity index (χ4v) is 3.11. The highest BCUT2D eigenvalue weighted by atomic mass is 16.2. The Bertz CT molecular complexity index is 723. The van der Waals surface area contributed by atoms with Gasteiger partial charge in [-0.2, -0.15) is 5.10 Å². The molecular formula is C16H16N4O. The summed E-state index contributed by atoms with van der Waals surface area (Å²) in [5.41, 5.74) is 1.74. The van der Waals surface area contributed by atoms with Crippen molar-refractivity contribution >= 4 is 17.9 Å². The van der Waals surface area contributed by atoms with Crippen LogP contribution in [-0.2, 0) is 4.79 Å². The highest BCUT2D eigenvalue weighted by molar-refractivity contribution is 5.96. The maximum absolute atomic E-state index is 12.4. The summed E-state index contributed by atoms with van der Waals surface area (Å²) in [5, 5.41) is 7.52. The third-order valence-electron chi connectivity index (χ3n) is 4.14. The summed E-state index contributed by atoms with van der Waals surface area (Å²) in [7, 11) is 0. The lowest BCUT2D eigenvalue weighted by Crippen LogP contribution is -2.44. The second kappa shape index (κ2) is 4.55. The van der Waals surface area contributed by atoms with Crippen LogP contribution >= 0.6 is 0 Å². The van der Waals surface area contributed by atoms with Crippen molar-refractivity contribution in [2.45, 2.75) is 19.5 Å². The monoisotopic (exact) mass is 280 g/mol. The SMILES string of the molecule is Cc1cc2n(n1)C1NC(=O)C(C3C=CC=CC3)=CC1C=N2. The number of aliphatic imine (C=N–C) groups is 1. The van der Waals surface area contributed by atoms with Crippen LogP contribution in [0.4, 0.5) is 5.82 Å². The third kappa shape index (κ3) is 1.96. The van der Waals surface area contributed by atoms with Gasteiger partial charge in [0.15, 0.2) is 5.82 Å². The lowest BCUT2D eigenvalue weighted by molar-refractivity contribution is -0.120. The van der Waals surface area contributed by atoms with Crippen molar-refractivity contribution in [2.75, 3.05) is 0 Å². The van der Waals surface area contributed by atoms with Gasteiger partial charge in [0.25, 0.3) is 0 Å². The maximum Gasteiger partial charge on any atom is 0.249 e. The summed E-state index contributed by atoms with van der Waals surface area (Å²) in [6.07, 6.45) is 12.8. The van der Waals surface area contributed by atoms with E-state index in [0.717, 1.165) is 23.5 Å². The summed E-state index contributed by atoms with van der Waals surface area (Å²) < 4.78 is 1.81. The van der Waals surface area contributed by atoms with Gasteiger partial charge in [0.05, 0.1) is 11.6 Å². The zero-order valence-corrected chi connectivity index (χ0v) is 11.7. The number of fused-ring (bicyclic) bond motifs is 3. The molecule has 0 bridgehead atoms. The molecule has 3 atom stereocenters. The van der Waals surface area contributed by atoms with Crippen LogP contribution < -0.4 is 5.32 Å². The molecule has 0 radical (unpaired) electrons. The van der Waals surface area contributed by atoms with Gasteiger partial charge in [0, 0.05) is 23.8 Å². The van der Waals surface area contributed by atoms with Gasteiger partial charge in [-0.25, -0.2) is 9.67 Å². The van der Waals surface area contributed by atoms with Gasteiger partial charge in [0.2, 0.25) is 5.91 Å². The molecule has 2 aliphatic heterocycles. The van der Waals surface area contributed by atoms with Gasteiger partial charge in [-0.1, -0.05) is 30.4 Å². The van der Waals surface area contributed by atoms with E-state index in [1.807, 2.05) is 42.1 Å². The van der Waals surface area contributed by atoms with Gasteiger partial charge in [0.1, 0.15) is 6.17 Å². The molecule has 1 aliphatic carbocycles. The van der Waals surface area contributed by atoms with Gasteiger partial charge in [-0.15, -0.1) is 0 Å². The first-order valence-electron chi connectivity index (χ1n) is 7.18. The van der Waals surface area contributed by atoms with E-state index >= 15 is 0 Å². The molecule has 21 heavy (non-hydrogen) atoms. The minimum absolute atomic E-state index is 0.00407. The van der Waals surface area contributed by atoms with Crippen molar-refractivity contribution in [1.29, 1.82) is 0 Å². The Morgan fingerprint density at radius 3 is 3.10 bits per heavy atom. The molecule has 106 valence electrons. The van der Waals surface area contributed by atoms with E-state index in [1.54, 1.807) is 0 Å². The van der Waals surface area contributed by atoms with E-state index in [-0.39, 0.29) is 23.9 Å². The van der Waals surface area contributed by atoms with E-state index in [2.05, 4.69) is 27.6 Å². The van der Waals surface area contributed by atoms with Gasteiger partial charge in [-0.05, 0) is 13.3 Å². The van der Waals surface area contributed by atoms with E-state index < -0.39 is 0 Å². The summed E-state index contributed by atoms with van der Waals surface area (Å²) >= 11 is 0. The van der Waals surface area contributed by atoms with E-state index in [4.69, 9.17) is 0 Å². The first-order chi connectivity index (χ1) is 10.2. The predicted molar refractivity (Wildman–Crippen MR) is 80.3 cm³/mol. The van der Waals surface area contributed by atoms with Crippen molar-refractivity contribution in [2.24, 2.45) is 16.8 Å². The van der Waals surface area contributed by atoms with Crippen molar-refractivity contribution in [1.82, 2.24) is 15.1 Å². The third-order valence-corrected chi connectivity index (χ3v) is 4.14. The first-order valence-corrected chi connectivity index (χ1v) is 7.18. The topological polar surface area (TPSA) is 59.3 Å². The quantitative estimate of drug-likeness (QED) is 0.857. The van der Waals surface area contributed by atoms with E-state index in [0.29, 0.717) is 0 Å². The number of nitrogens with one attached hydrogen (secondary N) is 1. The Hall–Kier alpha value is -2.43. The standard InChI is InChI=1S/C16H16N4O/c1-10-7-14-17-9-12-8-13(11-5-3-2-4-6-11)16(21)18-15(12)20(14)19-10/h2-5,7-9,11-12,15H,6H2,1H3,(H,18,21). The van der Waals surface area contributed by atoms with Crippen LogP contribution in [0.3, 0.4) is 0 Å². The molecule has 4 rings (SSSR count). The van der Waals surface area contributed by atoms with E-state index in [1.165, 1.54) is 0 Å². The van der Waals surface area contributed by atoms with Crippen molar-refractivity contribution in [3.05, 3.63) is 47.7 Å².